The summed E-state index contributed by atoms with van der Waals surface area (Å²) in [6.45, 7) is -0.441. The first-order valence-corrected chi connectivity index (χ1v) is 6.20. The van der Waals surface area contributed by atoms with Crippen LogP contribution >= 0.6 is 0 Å². The van der Waals surface area contributed by atoms with E-state index in [1.807, 2.05) is 5.32 Å². The fraction of sp³-hybridized carbons (Fsp3) is 0.545. The third-order valence-corrected chi connectivity index (χ3v) is 2.50. The molecule has 11 heteroatoms. The summed E-state index contributed by atoms with van der Waals surface area (Å²) in [4.78, 5) is 55.4. The van der Waals surface area contributed by atoms with Crippen LogP contribution in [0, 0.1) is 0 Å². The van der Waals surface area contributed by atoms with Crippen molar-refractivity contribution in [1.82, 2.24) is 10.6 Å². The van der Waals surface area contributed by atoms with Gasteiger partial charge in [0.1, 0.15) is 12.1 Å². The lowest BCUT2D eigenvalue weighted by Crippen LogP contribution is -2.53. The van der Waals surface area contributed by atoms with Crippen LogP contribution in [0.3, 0.4) is 0 Å². The first kappa shape index (κ1) is 19.3. The van der Waals surface area contributed by atoms with Crippen molar-refractivity contribution in [1.29, 1.82) is 0 Å². The number of amides is 3. The monoisotopic (exact) mass is 318 g/mol. The maximum absolute atomic E-state index is 11.9. The second-order valence-electron chi connectivity index (χ2n) is 4.33. The van der Waals surface area contributed by atoms with Crippen LogP contribution in [0.5, 0.6) is 0 Å². The van der Waals surface area contributed by atoms with Crippen LogP contribution in [0.25, 0.3) is 0 Å². The summed E-state index contributed by atoms with van der Waals surface area (Å²) in [6, 6.07) is -2.87. The van der Waals surface area contributed by atoms with Crippen LogP contribution in [-0.4, -0.2) is 58.5 Å². The second-order valence-corrected chi connectivity index (χ2v) is 4.33. The van der Waals surface area contributed by atoms with Crippen LogP contribution in [0.15, 0.2) is 0 Å². The van der Waals surface area contributed by atoms with E-state index in [0.717, 1.165) is 0 Å². The smallest absolute Gasteiger partial charge is 0.326 e. The summed E-state index contributed by atoms with van der Waals surface area (Å²) in [7, 11) is 0. The maximum atomic E-state index is 11.9. The largest absolute Gasteiger partial charge is 0.481 e. The van der Waals surface area contributed by atoms with Crippen molar-refractivity contribution in [3.8, 4) is 0 Å². The van der Waals surface area contributed by atoms with E-state index in [-0.39, 0.29) is 6.42 Å². The second kappa shape index (κ2) is 9.28. The lowest BCUT2D eigenvalue weighted by atomic mass is 10.1. The fourth-order valence-electron chi connectivity index (χ4n) is 1.46. The Kier molecular flexibility index (Phi) is 8.15. The average molecular weight is 318 g/mol. The molecule has 11 nitrogen and oxygen atoms in total. The van der Waals surface area contributed by atoms with Crippen LogP contribution < -0.4 is 22.1 Å². The molecule has 0 spiro atoms. The minimum Gasteiger partial charge on any atom is -0.481 e. The molecule has 0 rings (SSSR count). The molecule has 0 aromatic rings. The number of carbonyl (C=O) groups is 5. The van der Waals surface area contributed by atoms with Crippen molar-refractivity contribution >= 4 is 29.7 Å². The van der Waals surface area contributed by atoms with Gasteiger partial charge >= 0.3 is 11.9 Å². The Bertz CT molecular complexity index is 465. The zero-order valence-corrected chi connectivity index (χ0v) is 11.6. The third kappa shape index (κ3) is 7.79. The van der Waals surface area contributed by atoms with Crippen LogP contribution in [0.1, 0.15) is 19.3 Å². The molecule has 8 N–H and O–H groups in total. The van der Waals surface area contributed by atoms with E-state index >= 15 is 0 Å². The van der Waals surface area contributed by atoms with Gasteiger partial charge < -0.3 is 32.3 Å². The normalized spacial score (nSPS) is 12.8. The van der Waals surface area contributed by atoms with Crippen molar-refractivity contribution < 1.29 is 34.2 Å². The molecule has 0 aromatic heterocycles. The lowest BCUT2D eigenvalue weighted by Gasteiger charge is -2.20. The molecule has 124 valence electrons. The highest BCUT2D eigenvalue weighted by Gasteiger charge is 2.27. The molecule has 3 amide bonds. The standard InChI is InChI=1S/C11H18N4O7/c12-4-8(17)14-6(3-7(13)16)10(20)15-5(11(21)22)1-2-9(18)19/h5-6H,1-4,12H2,(H2,13,16)(H,14,17)(H,15,20)(H,18,19)(H,21,22)/t5-,6-/m0/s1. The number of carboxylic acid groups (broad SMARTS) is 2. The minimum atomic E-state index is -1.48. The van der Waals surface area contributed by atoms with Gasteiger partial charge in [-0.05, 0) is 6.42 Å². The Morgan fingerprint density at radius 1 is 1.00 bits per heavy atom. The first-order chi connectivity index (χ1) is 10.2. The molecule has 0 saturated carbocycles. The fourth-order valence-corrected chi connectivity index (χ4v) is 1.46. The minimum absolute atomic E-state index is 0.357. The maximum Gasteiger partial charge on any atom is 0.326 e. The highest BCUT2D eigenvalue weighted by atomic mass is 16.4. The number of primary amides is 1. The zero-order chi connectivity index (χ0) is 17.3. The van der Waals surface area contributed by atoms with Crippen LogP contribution in [-0.2, 0) is 24.0 Å². The van der Waals surface area contributed by atoms with Gasteiger partial charge in [0.2, 0.25) is 17.7 Å². The number of nitrogens with two attached hydrogens (primary N) is 2. The van der Waals surface area contributed by atoms with Crippen molar-refractivity contribution in [3.05, 3.63) is 0 Å². The first-order valence-electron chi connectivity index (χ1n) is 6.20. The summed E-state index contributed by atoms with van der Waals surface area (Å²) in [5.74, 6) is -5.28. The van der Waals surface area contributed by atoms with E-state index in [9.17, 15) is 24.0 Å². The quantitative estimate of drug-likeness (QED) is 0.241. The van der Waals surface area contributed by atoms with Gasteiger partial charge in [0.15, 0.2) is 0 Å². The Morgan fingerprint density at radius 2 is 1.59 bits per heavy atom. The van der Waals surface area contributed by atoms with Gasteiger partial charge in [-0.1, -0.05) is 0 Å². The highest BCUT2D eigenvalue weighted by molar-refractivity contribution is 5.93. The Balaban J connectivity index is 4.86. The molecular formula is C11H18N4O7. The highest BCUT2D eigenvalue weighted by Crippen LogP contribution is 2.01. The van der Waals surface area contributed by atoms with Gasteiger partial charge in [-0.3, -0.25) is 19.2 Å². The van der Waals surface area contributed by atoms with E-state index in [2.05, 4.69) is 5.32 Å². The van der Waals surface area contributed by atoms with Gasteiger partial charge in [-0.15, -0.1) is 0 Å². The SMILES string of the molecule is NCC(=O)N[C@@H](CC(N)=O)C(=O)N[C@@H](CCC(=O)O)C(=O)O. The predicted molar refractivity (Wildman–Crippen MR) is 71.2 cm³/mol. The van der Waals surface area contributed by atoms with E-state index in [1.165, 1.54) is 0 Å². The number of hydrogen-bond donors (Lipinski definition) is 6. The van der Waals surface area contributed by atoms with Crippen LogP contribution in [0.2, 0.25) is 0 Å². The molecule has 0 fully saturated rings. The molecule has 0 aliphatic heterocycles. The van der Waals surface area contributed by atoms with Gasteiger partial charge in [-0.25, -0.2) is 4.79 Å². The number of hydrogen-bond acceptors (Lipinski definition) is 6. The van der Waals surface area contributed by atoms with Crippen molar-refractivity contribution in [2.45, 2.75) is 31.3 Å². The molecule has 0 aliphatic carbocycles. The molecule has 0 aromatic carbocycles. The number of nitrogens with one attached hydrogen (secondary N) is 2. The molecular weight excluding hydrogens is 300 g/mol. The molecule has 0 radical (unpaired) electrons. The van der Waals surface area contributed by atoms with Crippen LogP contribution in [0.4, 0.5) is 0 Å². The molecule has 0 aliphatic rings. The van der Waals surface area contributed by atoms with E-state index in [1.54, 1.807) is 0 Å². The summed E-state index contributed by atoms with van der Waals surface area (Å²) in [5.41, 5.74) is 10.0. The number of aliphatic carboxylic acids is 2. The van der Waals surface area contributed by atoms with Gasteiger partial charge in [0.05, 0.1) is 13.0 Å². The Labute approximate surface area is 125 Å². The molecule has 0 saturated heterocycles. The number of carboxylic acids is 2. The molecule has 0 unspecified atom stereocenters. The Morgan fingerprint density at radius 3 is 2.00 bits per heavy atom. The van der Waals surface area contributed by atoms with Gasteiger partial charge in [0.25, 0.3) is 0 Å². The topological polar surface area (TPSA) is 202 Å². The molecule has 2 atom stereocenters. The zero-order valence-electron chi connectivity index (χ0n) is 11.6. The third-order valence-electron chi connectivity index (χ3n) is 2.50. The van der Waals surface area contributed by atoms with Crippen molar-refractivity contribution in [2.24, 2.45) is 11.5 Å². The van der Waals surface area contributed by atoms with E-state index < -0.39 is 61.1 Å². The molecule has 0 bridgehead atoms. The summed E-state index contributed by atoms with van der Waals surface area (Å²) >= 11 is 0. The van der Waals surface area contributed by atoms with Gasteiger partial charge in [0, 0.05) is 6.42 Å². The number of rotatable bonds is 10. The average Bonchev–Trinajstić information content (AvgIpc) is 2.41. The summed E-state index contributed by atoms with van der Waals surface area (Å²) in [6.07, 6.45) is -1.39. The van der Waals surface area contributed by atoms with E-state index in [4.69, 9.17) is 21.7 Å². The lowest BCUT2D eigenvalue weighted by molar-refractivity contribution is -0.143. The van der Waals surface area contributed by atoms with Crippen molar-refractivity contribution in [3.63, 3.8) is 0 Å². The molecule has 22 heavy (non-hydrogen) atoms. The van der Waals surface area contributed by atoms with Crippen molar-refractivity contribution in [2.75, 3.05) is 6.54 Å². The number of carbonyl (C=O) groups excluding carboxylic acids is 3. The Hall–Kier alpha value is -2.69. The predicted octanol–water partition coefficient (Wildman–Crippen LogP) is -3.26. The summed E-state index contributed by atoms with van der Waals surface area (Å²) in [5, 5.41) is 21.6. The summed E-state index contributed by atoms with van der Waals surface area (Å²) < 4.78 is 0. The van der Waals surface area contributed by atoms with E-state index in [0.29, 0.717) is 0 Å². The van der Waals surface area contributed by atoms with Gasteiger partial charge in [-0.2, -0.15) is 0 Å². The molecule has 0 heterocycles.